The summed E-state index contributed by atoms with van der Waals surface area (Å²) < 4.78 is 33.9. The molecule has 9 nitrogen and oxygen atoms in total. The molecule has 0 spiro atoms. The summed E-state index contributed by atoms with van der Waals surface area (Å²) in [7, 11) is 1.14. The van der Waals surface area contributed by atoms with Crippen LogP contribution < -0.4 is 15.2 Å². The monoisotopic (exact) mass is 345 g/mol. The van der Waals surface area contributed by atoms with Gasteiger partial charge in [-0.3, -0.25) is 4.79 Å². The molecule has 10 heteroatoms. The summed E-state index contributed by atoms with van der Waals surface area (Å²) in [6.45, 7) is 2.10. The minimum absolute atomic E-state index is 0.0994. The van der Waals surface area contributed by atoms with Crippen LogP contribution in [-0.4, -0.2) is 68.9 Å². The highest BCUT2D eigenvalue weighted by Gasteiger charge is 2.22. The van der Waals surface area contributed by atoms with E-state index in [4.69, 9.17) is 4.74 Å². The zero-order chi connectivity index (χ0) is 17.0. The first-order valence-electron chi connectivity index (χ1n) is 7.36. The van der Waals surface area contributed by atoms with E-state index in [2.05, 4.69) is 9.82 Å². The van der Waals surface area contributed by atoms with Crippen molar-refractivity contribution in [2.24, 2.45) is 7.05 Å². The molecule has 1 aliphatic rings. The number of nitrogens with one attached hydrogen (secondary N) is 1. The van der Waals surface area contributed by atoms with Crippen LogP contribution in [0.3, 0.4) is 0 Å². The molecular weight excluding hydrogens is 322 g/mol. The van der Waals surface area contributed by atoms with Crippen molar-refractivity contribution >= 4 is 15.9 Å². The predicted molar refractivity (Wildman–Crippen MR) is 86.7 cm³/mol. The molecule has 1 aromatic rings. The fourth-order valence-corrected chi connectivity index (χ4v) is 2.87. The van der Waals surface area contributed by atoms with E-state index in [0.717, 1.165) is 9.99 Å². The van der Waals surface area contributed by atoms with Crippen molar-refractivity contribution in [3.8, 4) is 0 Å². The lowest BCUT2D eigenvalue weighted by molar-refractivity contribution is 0.0362. The van der Waals surface area contributed by atoms with Crippen LogP contribution in [0.1, 0.15) is 6.42 Å². The molecule has 1 unspecified atom stereocenters. The Labute approximate surface area is 136 Å². The van der Waals surface area contributed by atoms with E-state index in [1.165, 1.54) is 18.8 Å². The maximum atomic E-state index is 11.7. The van der Waals surface area contributed by atoms with Crippen molar-refractivity contribution in [1.82, 2.24) is 18.8 Å². The van der Waals surface area contributed by atoms with Gasteiger partial charge in [0.25, 0.3) is 15.8 Å². The quantitative estimate of drug-likeness (QED) is 0.694. The molecule has 0 amide bonds. The van der Waals surface area contributed by atoms with Gasteiger partial charge in [-0.05, 0) is 6.42 Å². The molecule has 0 radical (unpaired) electrons. The van der Waals surface area contributed by atoms with Crippen molar-refractivity contribution in [2.45, 2.75) is 12.5 Å². The first-order valence-corrected chi connectivity index (χ1v) is 8.80. The van der Waals surface area contributed by atoms with Crippen molar-refractivity contribution in [3.05, 3.63) is 22.6 Å². The second-order valence-corrected chi connectivity index (χ2v) is 7.55. The first-order chi connectivity index (χ1) is 10.8. The number of nitrogens with zero attached hydrogens (tertiary/aromatic N) is 4. The number of morpholine rings is 1. The zero-order valence-corrected chi connectivity index (χ0v) is 14.4. The summed E-state index contributed by atoms with van der Waals surface area (Å²) in [5, 5.41) is 4.02. The third-order valence-electron chi connectivity index (χ3n) is 3.69. The minimum atomic E-state index is -3.41. The summed E-state index contributed by atoms with van der Waals surface area (Å²) >= 11 is 0. The van der Waals surface area contributed by atoms with E-state index in [-0.39, 0.29) is 11.7 Å². The Balaban J connectivity index is 1.91. The third-order valence-corrected chi connectivity index (χ3v) is 5.22. The molecule has 1 fully saturated rings. The van der Waals surface area contributed by atoms with Crippen molar-refractivity contribution in [2.75, 3.05) is 45.2 Å². The molecule has 1 N–H and O–H groups in total. The van der Waals surface area contributed by atoms with Gasteiger partial charge in [-0.2, -0.15) is 17.8 Å². The van der Waals surface area contributed by atoms with Gasteiger partial charge in [0.2, 0.25) is 0 Å². The largest absolute Gasteiger partial charge is 0.374 e. The predicted octanol–water partition coefficient (Wildman–Crippen LogP) is -1.23. The molecular formula is C13H23N5O4S. The molecule has 0 aliphatic carbocycles. The Morgan fingerprint density at radius 2 is 2.22 bits per heavy atom. The highest BCUT2D eigenvalue weighted by Crippen LogP contribution is 2.16. The highest BCUT2D eigenvalue weighted by molar-refractivity contribution is 7.87. The van der Waals surface area contributed by atoms with Gasteiger partial charge in [0, 0.05) is 46.8 Å². The summed E-state index contributed by atoms with van der Waals surface area (Å²) in [5.74, 6) is 0. The number of anilines is 1. The maximum absolute atomic E-state index is 11.7. The fourth-order valence-electron chi connectivity index (χ4n) is 2.24. The Bertz CT molecular complexity index is 688. The van der Waals surface area contributed by atoms with Crippen molar-refractivity contribution < 1.29 is 13.2 Å². The minimum Gasteiger partial charge on any atom is -0.374 e. The van der Waals surface area contributed by atoms with E-state index < -0.39 is 10.2 Å². The van der Waals surface area contributed by atoms with Crippen LogP contribution in [-0.2, 0) is 22.0 Å². The number of aromatic nitrogens is 2. The van der Waals surface area contributed by atoms with Crippen LogP contribution in [0.5, 0.6) is 0 Å². The summed E-state index contributed by atoms with van der Waals surface area (Å²) in [4.78, 5) is 13.7. The summed E-state index contributed by atoms with van der Waals surface area (Å²) in [6.07, 6.45) is 2.11. The number of ether oxygens (including phenoxy) is 1. The smallest absolute Gasteiger partial charge is 0.278 e. The van der Waals surface area contributed by atoms with E-state index in [1.54, 1.807) is 19.3 Å². The molecule has 0 bridgehead atoms. The molecule has 2 heterocycles. The van der Waals surface area contributed by atoms with E-state index >= 15 is 0 Å². The van der Waals surface area contributed by atoms with Gasteiger partial charge in [-0.15, -0.1) is 0 Å². The van der Waals surface area contributed by atoms with Gasteiger partial charge in [-0.1, -0.05) is 0 Å². The number of hydrogen-bond donors (Lipinski definition) is 1. The Kier molecular flexibility index (Phi) is 5.74. The van der Waals surface area contributed by atoms with Gasteiger partial charge in [0.1, 0.15) is 0 Å². The van der Waals surface area contributed by atoms with Gasteiger partial charge >= 0.3 is 0 Å². The molecule has 1 saturated heterocycles. The second-order valence-electron chi connectivity index (χ2n) is 5.58. The molecule has 0 aromatic carbocycles. The normalized spacial score (nSPS) is 19.3. The van der Waals surface area contributed by atoms with Crippen LogP contribution >= 0.6 is 0 Å². The number of hydrogen-bond acceptors (Lipinski definition) is 6. The Morgan fingerprint density at radius 1 is 1.48 bits per heavy atom. The van der Waals surface area contributed by atoms with Crippen LogP contribution in [0.2, 0.25) is 0 Å². The second kappa shape index (κ2) is 7.39. The lowest BCUT2D eigenvalue weighted by atomic mass is 10.2. The lowest BCUT2D eigenvalue weighted by Crippen LogP contribution is -2.45. The standard InChI is InChI=1S/C13H23N5O4S/c1-16(2)23(20,21)15-5-4-12-10-18(6-7-22-12)11-8-13(19)17(3)14-9-11/h8-9,12,15H,4-7,10H2,1-3H3. The zero-order valence-electron chi connectivity index (χ0n) is 13.6. The first kappa shape index (κ1) is 17.9. The van der Waals surface area contributed by atoms with Crippen molar-refractivity contribution in [3.63, 3.8) is 0 Å². The van der Waals surface area contributed by atoms with Crippen LogP contribution in [0, 0.1) is 0 Å². The molecule has 2 rings (SSSR count). The topological polar surface area (TPSA) is 96.8 Å². The average Bonchev–Trinajstić information content (AvgIpc) is 2.50. The van der Waals surface area contributed by atoms with Gasteiger partial charge < -0.3 is 9.64 Å². The molecule has 1 aromatic heterocycles. The Hall–Kier alpha value is -1.49. The highest BCUT2D eigenvalue weighted by atomic mass is 32.2. The summed E-state index contributed by atoms with van der Waals surface area (Å²) in [5.41, 5.74) is 0.597. The van der Waals surface area contributed by atoms with E-state index in [9.17, 15) is 13.2 Å². The van der Waals surface area contributed by atoms with Gasteiger partial charge in [0.05, 0.1) is 24.6 Å². The summed E-state index contributed by atoms with van der Waals surface area (Å²) in [6, 6.07) is 1.55. The maximum Gasteiger partial charge on any atom is 0.278 e. The molecule has 23 heavy (non-hydrogen) atoms. The van der Waals surface area contributed by atoms with E-state index in [1.807, 2.05) is 4.90 Å². The molecule has 1 atom stereocenters. The van der Waals surface area contributed by atoms with Crippen LogP contribution in [0.15, 0.2) is 17.1 Å². The average molecular weight is 345 g/mol. The van der Waals surface area contributed by atoms with Gasteiger partial charge in [-0.25, -0.2) is 9.40 Å². The third kappa shape index (κ3) is 4.74. The van der Waals surface area contributed by atoms with Crippen LogP contribution in [0.4, 0.5) is 5.69 Å². The molecule has 0 saturated carbocycles. The van der Waals surface area contributed by atoms with Crippen LogP contribution in [0.25, 0.3) is 0 Å². The molecule has 1 aliphatic heterocycles. The SMILES string of the molecule is CN(C)S(=O)(=O)NCCC1CN(c2cnn(C)c(=O)c2)CCO1. The number of aryl methyl sites for hydroxylation is 1. The Morgan fingerprint density at radius 3 is 2.87 bits per heavy atom. The number of rotatable bonds is 6. The fraction of sp³-hybridized carbons (Fsp3) is 0.692. The molecule has 130 valence electrons. The van der Waals surface area contributed by atoms with Crippen molar-refractivity contribution in [1.29, 1.82) is 0 Å². The van der Waals surface area contributed by atoms with Gasteiger partial charge in [0.15, 0.2) is 0 Å². The van der Waals surface area contributed by atoms with E-state index in [0.29, 0.717) is 32.7 Å². The lowest BCUT2D eigenvalue weighted by Gasteiger charge is -2.34.